The fourth-order valence-corrected chi connectivity index (χ4v) is 1.69. The predicted octanol–water partition coefficient (Wildman–Crippen LogP) is 3.19. The van der Waals surface area contributed by atoms with Crippen molar-refractivity contribution in [3.05, 3.63) is 23.2 Å². The number of methoxy groups -OCH3 is 1. The normalized spacial score (nSPS) is 10.0. The lowest BCUT2D eigenvalue weighted by molar-refractivity contribution is 0.415. The molecule has 1 aromatic carbocycles. The van der Waals surface area contributed by atoms with Crippen LogP contribution in [0.3, 0.4) is 0 Å². The van der Waals surface area contributed by atoms with Gasteiger partial charge in [-0.1, -0.05) is 11.6 Å². The van der Waals surface area contributed by atoms with Crippen LogP contribution in [0.1, 0.15) is 13.8 Å². The maximum absolute atomic E-state index is 6.04. The second-order valence-corrected chi connectivity index (χ2v) is 3.40. The Bertz CT molecular complexity index is 297. The maximum Gasteiger partial charge on any atom is 0.137 e. The maximum atomic E-state index is 6.04. The Morgan fingerprint density at radius 3 is 2.36 bits per heavy atom. The van der Waals surface area contributed by atoms with Crippen LogP contribution in [0.25, 0.3) is 0 Å². The fourth-order valence-electron chi connectivity index (χ4n) is 1.44. The predicted molar refractivity (Wildman–Crippen MR) is 61.6 cm³/mol. The van der Waals surface area contributed by atoms with Crippen LogP contribution < -0.4 is 9.64 Å². The second-order valence-electron chi connectivity index (χ2n) is 2.99. The van der Waals surface area contributed by atoms with Crippen molar-refractivity contribution in [2.24, 2.45) is 0 Å². The SMILES string of the molecule is CCN(CC)c1ccc(OC)c(Cl)c1. The summed E-state index contributed by atoms with van der Waals surface area (Å²) in [5, 5.41) is 0.664. The van der Waals surface area contributed by atoms with E-state index in [9.17, 15) is 0 Å². The fraction of sp³-hybridized carbons (Fsp3) is 0.455. The van der Waals surface area contributed by atoms with Crippen molar-refractivity contribution < 1.29 is 4.74 Å². The van der Waals surface area contributed by atoms with E-state index < -0.39 is 0 Å². The molecule has 0 unspecified atom stereocenters. The van der Waals surface area contributed by atoms with Crippen molar-refractivity contribution in [1.29, 1.82) is 0 Å². The van der Waals surface area contributed by atoms with Crippen molar-refractivity contribution in [3.8, 4) is 5.75 Å². The molecule has 0 saturated carbocycles. The van der Waals surface area contributed by atoms with Gasteiger partial charge in [0.2, 0.25) is 0 Å². The molecule has 2 nitrogen and oxygen atoms in total. The highest BCUT2D eigenvalue weighted by Crippen LogP contribution is 2.28. The molecule has 0 heterocycles. The molecule has 0 atom stereocenters. The molecular formula is C11H16ClNO. The molecule has 0 amide bonds. The summed E-state index contributed by atoms with van der Waals surface area (Å²) in [6, 6.07) is 5.86. The lowest BCUT2D eigenvalue weighted by Gasteiger charge is -2.21. The number of rotatable bonds is 4. The Kier molecular flexibility index (Phi) is 4.08. The number of ether oxygens (including phenoxy) is 1. The van der Waals surface area contributed by atoms with Crippen LogP contribution >= 0.6 is 11.6 Å². The van der Waals surface area contributed by atoms with Gasteiger partial charge in [-0.25, -0.2) is 0 Å². The number of anilines is 1. The van der Waals surface area contributed by atoms with E-state index in [1.807, 2.05) is 18.2 Å². The Hall–Kier alpha value is -0.890. The molecule has 0 fully saturated rings. The zero-order valence-corrected chi connectivity index (χ0v) is 9.64. The van der Waals surface area contributed by atoms with Crippen LogP contribution in [0.4, 0.5) is 5.69 Å². The number of hydrogen-bond donors (Lipinski definition) is 0. The summed E-state index contributed by atoms with van der Waals surface area (Å²) < 4.78 is 5.10. The van der Waals surface area contributed by atoms with Crippen molar-refractivity contribution in [2.45, 2.75) is 13.8 Å². The zero-order valence-electron chi connectivity index (χ0n) is 8.88. The van der Waals surface area contributed by atoms with E-state index in [0.29, 0.717) is 5.02 Å². The van der Waals surface area contributed by atoms with Crippen molar-refractivity contribution in [3.63, 3.8) is 0 Å². The average Bonchev–Trinajstić information content (AvgIpc) is 2.20. The lowest BCUT2D eigenvalue weighted by Crippen LogP contribution is -2.21. The van der Waals surface area contributed by atoms with Gasteiger partial charge in [0.05, 0.1) is 12.1 Å². The lowest BCUT2D eigenvalue weighted by atomic mass is 10.2. The number of benzene rings is 1. The highest BCUT2D eigenvalue weighted by Gasteiger charge is 2.05. The topological polar surface area (TPSA) is 12.5 Å². The second kappa shape index (κ2) is 5.11. The molecule has 0 spiro atoms. The van der Waals surface area contributed by atoms with E-state index in [0.717, 1.165) is 24.5 Å². The van der Waals surface area contributed by atoms with E-state index >= 15 is 0 Å². The Balaban J connectivity index is 2.95. The molecule has 0 aliphatic rings. The van der Waals surface area contributed by atoms with Gasteiger partial charge >= 0.3 is 0 Å². The first-order valence-electron chi connectivity index (χ1n) is 4.81. The average molecular weight is 214 g/mol. The van der Waals surface area contributed by atoms with Gasteiger partial charge in [-0.05, 0) is 32.0 Å². The minimum Gasteiger partial charge on any atom is -0.495 e. The van der Waals surface area contributed by atoms with E-state index in [-0.39, 0.29) is 0 Å². The van der Waals surface area contributed by atoms with E-state index in [1.165, 1.54) is 0 Å². The molecule has 0 N–H and O–H groups in total. The third-order valence-corrected chi connectivity index (χ3v) is 2.56. The summed E-state index contributed by atoms with van der Waals surface area (Å²) in [6.07, 6.45) is 0. The quantitative estimate of drug-likeness (QED) is 0.762. The third kappa shape index (κ3) is 2.32. The summed E-state index contributed by atoms with van der Waals surface area (Å²) in [5.41, 5.74) is 1.14. The van der Waals surface area contributed by atoms with Crippen molar-refractivity contribution >= 4 is 17.3 Å². The van der Waals surface area contributed by atoms with Crippen molar-refractivity contribution in [1.82, 2.24) is 0 Å². The van der Waals surface area contributed by atoms with Crippen LogP contribution in [-0.2, 0) is 0 Å². The summed E-state index contributed by atoms with van der Waals surface area (Å²) in [7, 11) is 1.62. The molecule has 78 valence electrons. The highest BCUT2D eigenvalue weighted by atomic mass is 35.5. The zero-order chi connectivity index (χ0) is 10.6. The molecule has 0 bridgehead atoms. The van der Waals surface area contributed by atoms with Gasteiger partial charge in [0.1, 0.15) is 5.75 Å². The molecule has 0 aliphatic heterocycles. The molecule has 0 saturated heterocycles. The van der Waals surface area contributed by atoms with Gasteiger partial charge in [0, 0.05) is 18.8 Å². The van der Waals surface area contributed by atoms with Gasteiger partial charge in [-0.15, -0.1) is 0 Å². The number of nitrogens with zero attached hydrogens (tertiary/aromatic N) is 1. The molecule has 1 rings (SSSR count). The molecule has 0 aromatic heterocycles. The monoisotopic (exact) mass is 213 g/mol. The Morgan fingerprint density at radius 1 is 1.29 bits per heavy atom. The van der Waals surface area contributed by atoms with E-state index in [2.05, 4.69) is 18.7 Å². The number of halogens is 1. The smallest absolute Gasteiger partial charge is 0.137 e. The van der Waals surface area contributed by atoms with Crippen molar-refractivity contribution in [2.75, 3.05) is 25.1 Å². The standard InChI is InChI=1S/C11H16ClNO/c1-4-13(5-2)9-6-7-11(14-3)10(12)8-9/h6-8H,4-5H2,1-3H3. The van der Waals surface area contributed by atoms with E-state index in [4.69, 9.17) is 16.3 Å². The molecule has 0 radical (unpaired) electrons. The summed E-state index contributed by atoms with van der Waals surface area (Å²) in [4.78, 5) is 2.24. The highest BCUT2D eigenvalue weighted by molar-refractivity contribution is 6.32. The first-order valence-corrected chi connectivity index (χ1v) is 5.19. The van der Waals surface area contributed by atoms with Crippen LogP contribution in [0, 0.1) is 0 Å². The molecule has 0 aliphatic carbocycles. The van der Waals surface area contributed by atoms with Gasteiger partial charge in [-0.2, -0.15) is 0 Å². The first-order chi connectivity index (χ1) is 6.72. The van der Waals surface area contributed by atoms with Gasteiger partial charge in [0.25, 0.3) is 0 Å². The van der Waals surface area contributed by atoms with Gasteiger partial charge < -0.3 is 9.64 Å². The summed E-state index contributed by atoms with van der Waals surface area (Å²) in [6.45, 7) is 6.22. The largest absolute Gasteiger partial charge is 0.495 e. The molecule has 3 heteroatoms. The Labute approximate surface area is 90.4 Å². The first kappa shape index (κ1) is 11.2. The van der Waals surface area contributed by atoms with Crippen LogP contribution in [0.5, 0.6) is 5.75 Å². The van der Waals surface area contributed by atoms with Gasteiger partial charge in [-0.3, -0.25) is 0 Å². The molecule has 1 aromatic rings. The van der Waals surface area contributed by atoms with Crippen LogP contribution in [0.15, 0.2) is 18.2 Å². The summed E-state index contributed by atoms with van der Waals surface area (Å²) in [5.74, 6) is 0.725. The minimum absolute atomic E-state index is 0.664. The van der Waals surface area contributed by atoms with Crippen LogP contribution in [0.2, 0.25) is 5.02 Å². The number of hydrogen-bond acceptors (Lipinski definition) is 2. The molecule has 14 heavy (non-hydrogen) atoms. The van der Waals surface area contributed by atoms with Crippen LogP contribution in [-0.4, -0.2) is 20.2 Å². The van der Waals surface area contributed by atoms with Gasteiger partial charge in [0.15, 0.2) is 0 Å². The molecular weight excluding hydrogens is 198 g/mol. The minimum atomic E-state index is 0.664. The Morgan fingerprint density at radius 2 is 1.93 bits per heavy atom. The third-order valence-electron chi connectivity index (χ3n) is 2.26. The van der Waals surface area contributed by atoms with E-state index in [1.54, 1.807) is 7.11 Å². The summed E-state index contributed by atoms with van der Waals surface area (Å²) >= 11 is 6.04.